The van der Waals surface area contributed by atoms with Crippen LogP contribution >= 0.6 is 0 Å². The van der Waals surface area contributed by atoms with Gasteiger partial charge in [0, 0.05) is 31.9 Å². The summed E-state index contributed by atoms with van der Waals surface area (Å²) >= 11 is 0. The van der Waals surface area contributed by atoms with E-state index in [4.69, 9.17) is 9.15 Å². The standard InChI is InChI=1S/C18H20F3N5O5S/c1-10-13(11(2)26-17(22-10)23-16(24-26)18(19,20)21)6-7-14(27)30-9-12-5-8-15(31-12)32(28,29)25(3)4/h5,8H,6-7,9H2,1-4H3. The number of aryl methyl sites for hydroxylation is 2. The van der Waals surface area contributed by atoms with E-state index in [9.17, 15) is 26.4 Å². The van der Waals surface area contributed by atoms with Gasteiger partial charge in [-0.3, -0.25) is 4.79 Å². The molecule has 0 amide bonds. The molecule has 32 heavy (non-hydrogen) atoms. The topological polar surface area (TPSA) is 120 Å². The average molecular weight is 475 g/mol. The predicted octanol–water partition coefficient (Wildman–Crippen LogP) is 2.28. The number of aromatic nitrogens is 4. The van der Waals surface area contributed by atoms with Crippen molar-refractivity contribution in [2.45, 2.75) is 44.6 Å². The van der Waals surface area contributed by atoms with Gasteiger partial charge >= 0.3 is 12.1 Å². The van der Waals surface area contributed by atoms with Crippen molar-refractivity contribution in [3.05, 3.63) is 40.7 Å². The summed E-state index contributed by atoms with van der Waals surface area (Å²) in [6.45, 7) is 2.90. The van der Waals surface area contributed by atoms with Crippen LogP contribution in [0.5, 0.6) is 0 Å². The molecule has 0 saturated carbocycles. The summed E-state index contributed by atoms with van der Waals surface area (Å²) in [6, 6.07) is 2.65. The van der Waals surface area contributed by atoms with E-state index in [0.29, 0.717) is 17.0 Å². The molecule has 0 saturated heterocycles. The second kappa shape index (κ2) is 8.50. The summed E-state index contributed by atoms with van der Waals surface area (Å²) in [5.74, 6) is -1.93. The zero-order valence-corrected chi connectivity index (χ0v) is 18.4. The number of rotatable bonds is 7. The van der Waals surface area contributed by atoms with Crippen LogP contribution in [0.1, 0.15) is 35.0 Å². The van der Waals surface area contributed by atoms with Gasteiger partial charge in [0.05, 0.1) is 0 Å². The lowest BCUT2D eigenvalue weighted by Crippen LogP contribution is -2.21. The Morgan fingerprint density at radius 2 is 1.91 bits per heavy atom. The number of sulfonamides is 1. The van der Waals surface area contributed by atoms with Crippen molar-refractivity contribution in [2.75, 3.05) is 14.1 Å². The molecule has 0 N–H and O–H groups in total. The van der Waals surface area contributed by atoms with Gasteiger partial charge in [0.15, 0.2) is 0 Å². The number of alkyl halides is 3. The fraction of sp³-hybridized carbons (Fsp3) is 0.444. The van der Waals surface area contributed by atoms with Crippen molar-refractivity contribution in [1.29, 1.82) is 0 Å². The fourth-order valence-electron chi connectivity index (χ4n) is 2.90. The van der Waals surface area contributed by atoms with Gasteiger partial charge in [-0.2, -0.15) is 18.2 Å². The Hall–Kier alpha value is -3.00. The minimum Gasteiger partial charge on any atom is -0.457 e. The van der Waals surface area contributed by atoms with Gasteiger partial charge in [-0.15, -0.1) is 5.10 Å². The first-order valence-electron chi connectivity index (χ1n) is 9.27. The van der Waals surface area contributed by atoms with E-state index in [1.54, 1.807) is 13.8 Å². The normalized spacial score (nSPS) is 12.6. The quantitative estimate of drug-likeness (QED) is 0.478. The van der Waals surface area contributed by atoms with E-state index in [-0.39, 0.29) is 36.1 Å². The van der Waals surface area contributed by atoms with Crippen LogP contribution in [0.4, 0.5) is 13.2 Å². The third-order valence-corrected chi connectivity index (χ3v) is 6.32. The SMILES string of the molecule is Cc1nc2nc(C(F)(F)F)nn2c(C)c1CCC(=O)OCc1ccc(S(=O)(=O)N(C)C)o1. The molecule has 3 aromatic heterocycles. The maximum Gasteiger partial charge on any atom is 0.453 e. The molecule has 0 radical (unpaired) electrons. The van der Waals surface area contributed by atoms with Crippen molar-refractivity contribution in [2.24, 2.45) is 0 Å². The van der Waals surface area contributed by atoms with Crippen molar-refractivity contribution >= 4 is 21.8 Å². The van der Waals surface area contributed by atoms with Crippen molar-refractivity contribution in [1.82, 2.24) is 23.9 Å². The largest absolute Gasteiger partial charge is 0.457 e. The van der Waals surface area contributed by atoms with Crippen molar-refractivity contribution in [3.63, 3.8) is 0 Å². The highest BCUT2D eigenvalue weighted by Gasteiger charge is 2.37. The number of furan rings is 1. The number of carbonyl (C=O) groups is 1. The summed E-state index contributed by atoms with van der Waals surface area (Å²) in [5.41, 5.74) is 1.35. The highest BCUT2D eigenvalue weighted by Crippen LogP contribution is 2.27. The van der Waals surface area contributed by atoms with Gasteiger partial charge in [0.25, 0.3) is 21.6 Å². The molecule has 0 spiro atoms. The predicted molar refractivity (Wildman–Crippen MR) is 103 cm³/mol. The lowest BCUT2D eigenvalue weighted by molar-refractivity contribution is -0.146. The molecule has 0 aliphatic rings. The number of hydrogen-bond donors (Lipinski definition) is 0. The second-order valence-electron chi connectivity index (χ2n) is 7.08. The van der Waals surface area contributed by atoms with E-state index in [2.05, 4.69) is 15.1 Å². The molecular weight excluding hydrogens is 455 g/mol. The highest BCUT2D eigenvalue weighted by molar-refractivity contribution is 7.88. The molecule has 3 rings (SSSR count). The van der Waals surface area contributed by atoms with Gasteiger partial charge < -0.3 is 9.15 Å². The summed E-state index contributed by atoms with van der Waals surface area (Å²) < 4.78 is 74.9. The van der Waals surface area contributed by atoms with Crippen LogP contribution in [0.25, 0.3) is 5.78 Å². The smallest absolute Gasteiger partial charge is 0.453 e. The molecule has 3 heterocycles. The first-order chi connectivity index (χ1) is 14.8. The zero-order valence-electron chi connectivity index (χ0n) is 17.6. The summed E-state index contributed by atoms with van der Waals surface area (Å²) in [5, 5.41) is 3.19. The molecule has 0 aliphatic heterocycles. The maximum atomic E-state index is 12.9. The number of hydrogen-bond acceptors (Lipinski definition) is 8. The molecular formula is C18H20F3N5O5S. The van der Waals surface area contributed by atoms with Gasteiger partial charge in [-0.05, 0) is 38.0 Å². The Kier molecular flexibility index (Phi) is 6.29. The van der Waals surface area contributed by atoms with Crippen molar-refractivity contribution in [3.8, 4) is 0 Å². The third-order valence-electron chi connectivity index (χ3n) is 4.63. The van der Waals surface area contributed by atoms with Gasteiger partial charge in [-0.25, -0.2) is 22.2 Å². The summed E-state index contributed by atoms with van der Waals surface area (Å²) in [7, 11) is -1.02. The monoisotopic (exact) mass is 475 g/mol. The van der Waals surface area contributed by atoms with E-state index in [0.717, 1.165) is 8.82 Å². The number of ether oxygens (including phenoxy) is 1. The molecule has 0 fully saturated rings. The molecule has 0 bridgehead atoms. The molecule has 14 heteroatoms. The molecule has 0 aliphatic carbocycles. The van der Waals surface area contributed by atoms with Crippen LogP contribution in [0.2, 0.25) is 0 Å². The van der Waals surface area contributed by atoms with Crippen LogP contribution in [0, 0.1) is 13.8 Å². The van der Waals surface area contributed by atoms with Crippen LogP contribution in [0.15, 0.2) is 21.6 Å². The van der Waals surface area contributed by atoms with Crippen LogP contribution in [0.3, 0.4) is 0 Å². The first-order valence-corrected chi connectivity index (χ1v) is 10.7. The van der Waals surface area contributed by atoms with E-state index >= 15 is 0 Å². The number of halogens is 3. The number of fused-ring (bicyclic) bond motifs is 1. The minimum atomic E-state index is -4.70. The van der Waals surface area contributed by atoms with Crippen LogP contribution in [-0.2, 0) is 38.8 Å². The number of carbonyl (C=O) groups excluding carboxylic acids is 1. The van der Waals surface area contributed by atoms with E-state index in [1.165, 1.54) is 26.2 Å². The Bertz CT molecular complexity index is 1260. The van der Waals surface area contributed by atoms with E-state index in [1.807, 2.05) is 0 Å². The summed E-state index contributed by atoms with van der Waals surface area (Å²) in [6.07, 6.45) is -4.63. The fourth-order valence-corrected chi connectivity index (χ4v) is 3.71. The Labute approximate surface area is 181 Å². The Balaban J connectivity index is 1.66. The third kappa shape index (κ3) is 4.75. The van der Waals surface area contributed by atoms with Gasteiger partial charge in [-0.1, -0.05) is 0 Å². The molecule has 0 atom stereocenters. The van der Waals surface area contributed by atoms with Crippen LogP contribution in [-0.4, -0.2) is 52.4 Å². The highest BCUT2D eigenvalue weighted by atomic mass is 32.2. The molecule has 3 aromatic rings. The van der Waals surface area contributed by atoms with E-state index < -0.39 is 28.0 Å². The molecule has 174 valence electrons. The minimum absolute atomic E-state index is 0.0841. The number of nitrogens with zero attached hydrogens (tertiary/aromatic N) is 5. The summed E-state index contributed by atoms with van der Waals surface area (Å²) in [4.78, 5) is 19.6. The van der Waals surface area contributed by atoms with Crippen molar-refractivity contribution < 1.29 is 35.5 Å². The lowest BCUT2D eigenvalue weighted by Gasteiger charge is -2.10. The molecule has 0 unspecified atom stereocenters. The molecule has 10 nitrogen and oxygen atoms in total. The number of esters is 1. The average Bonchev–Trinajstić information content (AvgIpc) is 3.33. The van der Waals surface area contributed by atoms with Gasteiger partial charge in [0.1, 0.15) is 12.4 Å². The maximum absolute atomic E-state index is 12.9. The lowest BCUT2D eigenvalue weighted by atomic mass is 10.1. The first kappa shape index (κ1) is 23.7. The zero-order chi connectivity index (χ0) is 23.8. The second-order valence-corrected chi connectivity index (χ2v) is 9.16. The Morgan fingerprint density at radius 3 is 2.53 bits per heavy atom. The Morgan fingerprint density at radius 1 is 1.22 bits per heavy atom. The van der Waals surface area contributed by atoms with Gasteiger partial charge in [0.2, 0.25) is 5.09 Å². The van der Waals surface area contributed by atoms with Crippen LogP contribution < -0.4 is 0 Å². The molecule has 0 aromatic carbocycles.